The van der Waals surface area contributed by atoms with Crippen LogP contribution in [0, 0.1) is 5.41 Å². The number of aromatic amines is 1. The number of hydrogen-bond donors (Lipinski definition) is 2. The molecule has 2 aromatic carbocycles. The van der Waals surface area contributed by atoms with Crippen molar-refractivity contribution in [2.24, 2.45) is 5.41 Å². The molecule has 6 rings (SSSR count). The normalized spacial score (nSPS) is 19.5. The zero-order chi connectivity index (χ0) is 28.6. The zero-order valence-electron chi connectivity index (χ0n) is 23.4. The Morgan fingerprint density at radius 1 is 1.12 bits per heavy atom. The summed E-state index contributed by atoms with van der Waals surface area (Å²) in [5.41, 5.74) is 6.47. The maximum absolute atomic E-state index is 11.4. The maximum Gasteiger partial charge on any atom is 0.335 e. The molecule has 2 N–H and O–H groups in total. The Balaban J connectivity index is 1.28. The molecule has 1 fully saturated rings. The third kappa shape index (κ3) is 6.11. The molecule has 0 saturated carbocycles. The first kappa shape index (κ1) is 27.4. The Kier molecular flexibility index (Phi) is 7.49. The van der Waals surface area contributed by atoms with E-state index in [1.807, 2.05) is 42.6 Å². The minimum Gasteiger partial charge on any atom is -0.478 e. The molecule has 1 saturated heterocycles. The second kappa shape index (κ2) is 11.2. The quantitative estimate of drug-likeness (QED) is 0.246. The van der Waals surface area contributed by atoms with Gasteiger partial charge in [-0.1, -0.05) is 43.2 Å². The standard InChI is InChI=1S/C33H35ClN4O3/c1-33(2)13-11-25(29(18-33)22-3-7-26(34)8-4-22)20-37-15-16-38(27-9-5-23(6-10-27)32(39)40)30(21-37)41-28-17-24-12-14-35-31(24)36-19-28/h3-10,12,14,17,19,30H,11,13,15-16,18,20-21H2,1-2H3,(H,35,36)(H,39,40). The smallest absolute Gasteiger partial charge is 0.335 e. The van der Waals surface area contributed by atoms with Crippen molar-refractivity contribution in [3.05, 3.63) is 94.8 Å². The van der Waals surface area contributed by atoms with Crippen molar-refractivity contribution >= 4 is 39.9 Å². The topological polar surface area (TPSA) is 81.7 Å². The van der Waals surface area contributed by atoms with Gasteiger partial charge in [0.2, 0.25) is 0 Å². The van der Waals surface area contributed by atoms with Crippen LogP contribution in [-0.2, 0) is 0 Å². The summed E-state index contributed by atoms with van der Waals surface area (Å²) in [4.78, 5) is 23.8. The monoisotopic (exact) mass is 570 g/mol. The number of nitrogens with one attached hydrogen (secondary N) is 1. The number of piperazine rings is 1. The number of pyridine rings is 1. The number of allylic oxidation sites excluding steroid dienone is 1. The van der Waals surface area contributed by atoms with E-state index in [4.69, 9.17) is 16.3 Å². The first-order valence-corrected chi connectivity index (χ1v) is 14.5. The highest BCUT2D eigenvalue weighted by Crippen LogP contribution is 2.43. The number of halogens is 1. The minimum atomic E-state index is -0.930. The highest BCUT2D eigenvalue weighted by Gasteiger charge is 2.33. The molecule has 2 aromatic heterocycles. The van der Waals surface area contributed by atoms with E-state index in [-0.39, 0.29) is 17.2 Å². The summed E-state index contributed by atoms with van der Waals surface area (Å²) in [5, 5.41) is 11.1. The van der Waals surface area contributed by atoms with Gasteiger partial charge in [0, 0.05) is 41.9 Å². The highest BCUT2D eigenvalue weighted by molar-refractivity contribution is 6.30. The summed E-state index contributed by atoms with van der Waals surface area (Å²) in [6.07, 6.45) is 6.64. The number of anilines is 1. The number of rotatable bonds is 7. The average molecular weight is 571 g/mol. The molecule has 0 bridgehead atoms. The SMILES string of the molecule is CC1(C)CCC(CN2CCN(c3ccc(C(=O)O)cc3)C(Oc3cnc4[nH]ccc4c3)C2)=C(c2ccc(Cl)cc2)C1. The van der Waals surface area contributed by atoms with Crippen LogP contribution in [0.5, 0.6) is 5.75 Å². The van der Waals surface area contributed by atoms with Crippen LogP contribution < -0.4 is 9.64 Å². The van der Waals surface area contributed by atoms with E-state index in [1.165, 1.54) is 16.7 Å². The molecule has 0 spiro atoms. The van der Waals surface area contributed by atoms with Gasteiger partial charge in [0.1, 0.15) is 11.4 Å². The van der Waals surface area contributed by atoms with Crippen molar-refractivity contribution in [3.8, 4) is 5.75 Å². The molecule has 1 aliphatic carbocycles. The fraction of sp³-hybridized carbons (Fsp3) is 0.333. The molecule has 3 heterocycles. The van der Waals surface area contributed by atoms with Crippen LogP contribution in [0.4, 0.5) is 5.69 Å². The van der Waals surface area contributed by atoms with Gasteiger partial charge in [0.15, 0.2) is 6.23 Å². The van der Waals surface area contributed by atoms with Crippen LogP contribution in [0.3, 0.4) is 0 Å². The fourth-order valence-corrected chi connectivity index (χ4v) is 6.14. The number of fused-ring (bicyclic) bond motifs is 1. The maximum atomic E-state index is 11.4. The largest absolute Gasteiger partial charge is 0.478 e. The highest BCUT2D eigenvalue weighted by atomic mass is 35.5. The summed E-state index contributed by atoms with van der Waals surface area (Å²) < 4.78 is 6.62. The number of carboxylic acid groups (broad SMARTS) is 1. The van der Waals surface area contributed by atoms with Crippen LogP contribution in [0.15, 0.2) is 78.6 Å². The van der Waals surface area contributed by atoms with Crippen molar-refractivity contribution in [2.45, 2.75) is 39.3 Å². The first-order valence-electron chi connectivity index (χ1n) is 14.1. The van der Waals surface area contributed by atoms with E-state index in [9.17, 15) is 9.90 Å². The number of nitrogens with zero attached hydrogens (tertiary/aromatic N) is 3. The Morgan fingerprint density at radius 3 is 2.66 bits per heavy atom. The third-order valence-electron chi connectivity index (χ3n) is 8.31. The van der Waals surface area contributed by atoms with Crippen molar-refractivity contribution < 1.29 is 14.6 Å². The van der Waals surface area contributed by atoms with Gasteiger partial charge in [-0.25, -0.2) is 9.78 Å². The second-order valence-corrected chi connectivity index (χ2v) is 12.3. The molecule has 8 heteroatoms. The summed E-state index contributed by atoms with van der Waals surface area (Å²) in [5.74, 6) is -0.225. The molecular weight excluding hydrogens is 536 g/mol. The van der Waals surface area contributed by atoms with E-state index in [2.05, 4.69) is 45.7 Å². The summed E-state index contributed by atoms with van der Waals surface area (Å²) in [6.45, 7) is 7.92. The minimum absolute atomic E-state index is 0.259. The molecule has 7 nitrogen and oxygen atoms in total. The van der Waals surface area contributed by atoms with E-state index in [1.54, 1.807) is 18.3 Å². The van der Waals surface area contributed by atoms with Crippen LogP contribution in [0.1, 0.15) is 49.0 Å². The Bertz CT molecular complexity index is 1580. The number of hydrogen-bond acceptors (Lipinski definition) is 5. The van der Waals surface area contributed by atoms with Gasteiger partial charge in [0.25, 0.3) is 0 Å². The predicted octanol–water partition coefficient (Wildman–Crippen LogP) is 7.11. The number of carbonyl (C=O) groups is 1. The van der Waals surface area contributed by atoms with E-state index >= 15 is 0 Å². The van der Waals surface area contributed by atoms with Gasteiger partial charge in [-0.3, -0.25) is 4.90 Å². The van der Waals surface area contributed by atoms with E-state index in [0.717, 1.165) is 60.6 Å². The van der Waals surface area contributed by atoms with Crippen LogP contribution in [-0.4, -0.2) is 58.4 Å². The van der Waals surface area contributed by atoms with Gasteiger partial charge in [-0.2, -0.15) is 0 Å². The van der Waals surface area contributed by atoms with E-state index in [0.29, 0.717) is 12.3 Å². The molecule has 4 aromatic rings. The molecular formula is C33H35ClN4O3. The lowest BCUT2D eigenvalue weighted by Crippen LogP contribution is -2.56. The molecule has 1 unspecified atom stereocenters. The summed E-state index contributed by atoms with van der Waals surface area (Å²) in [7, 11) is 0. The number of aromatic carboxylic acids is 1. The lowest BCUT2D eigenvalue weighted by Gasteiger charge is -2.43. The average Bonchev–Trinajstić information content (AvgIpc) is 3.43. The molecule has 212 valence electrons. The Hall–Kier alpha value is -3.81. The predicted molar refractivity (Wildman–Crippen MR) is 164 cm³/mol. The molecule has 2 aliphatic rings. The van der Waals surface area contributed by atoms with Crippen LogP contribution in [0.25, 0.3) is 16.6 Å². The van der Waals surface area contributed by atoms with Crippen molar-refractivity contribution in [1.29, 1.82) is 0 Å². The molecule has 1 aliphatic heterocycles. The van der Waals surface area contributed by atoms with Crippen molar-refractivity contribution in [2.75, 3.05) is 31.1 Å². The van der Waals surface area contributed by atoms with Gasteiger partial charge >= 0.3 is 5.97 Å². The lowest BCUT2D eigenvalue weighted by atomic mass is 9.72. The van der Waals surface area contributed by atoms with Gasteiger partial charge in [0.05, 0.1) is 18.3 Å². The van der Waals surface area contributed by atoms with Crippen LogP contribution in [0.2, 0.25) is 5.02 Å². The lowest BCUT2D eigenvalue weighted by molar-refractivity contribution is 0.0697. The van der Waals surface area contributed by atoms with E-state index < -0.39 is 5.97 Å². The number of ether oxygens (including phenoxy) is 1. The summed E-state index contributed by atoms with van der Waals surface area (Å²) >= 11 is 6.22. The molecule has 41 heavy (non-hydrogen) atoms. The fourth-order valence-electron chi connectivity index (χ4n) is 6.01. The number of H-pyrrole nitrogens is 1. The number of carboxylic acids is 1. The second-order valence-electron chi connectivity index (χ2n) is 11.9. The van der Waals surface area contributed by atoms with Crippen molar-refractivity contribution in [3.63, 3.8) is 0 Å². The molecule has 0 radical (unpaired) electrons. The first-order chi connectivity index (χ1) is 19.7. The Labute approximate surface area is 245 Å². The number of benzene rings is 2. The van der Waals surface area contributed by atoms with Crippen molar-refractivity contribution in [1.82, 2.24) is 14.9 Å². The molecule has 0 amide bonds. The Morgan fingerprint density at radius 2 is 1.90 bits per heavy atom. The van der Waals surface area contributed by atoms with Crippen LogP contribution >= 0.6 is 11.6 Å². The van der Waals surface area contributed by atoms with Gasteiger partial charge < -0.3 is 19.7 Å². The summed E-state index contributed by atoms with van der Waals surface area (Å²) in [6, 6.07) is 19.3. The van der Waals surface area contributed by atoms with Gasteiger partial charge in [-0.15, -0.1) is 0 Å². The number of aromatic nitrogens is 2. The van der Waals surface area contributed by atoms with Gasteiger partial charge in [-0.05, 0) is 84.3 Å². The molecule has 1 atom stereocenters. The zero-order valence-corrected chi connectivity index (χ0v) is 24.2. The third-order valence-corrected chi connectivity index (χ3v) is 8.56.